The van der Waals surface area contributed by atoms with Gasteiger partial charge in [-0.3, -0.25) is 4.79 Å². The van der Waals surface area contributed by atoms with E-state index in [-0.39, 0.29) is 30.6 Å². The fraction of sp³-hybridized carbons (Fsp3) is 0.529. The van der Waals surface area contributed by atoms with Crippen LogP contribution in [0.25, 0.3) is 0 Å². The molecule has 0 N–H and O–H groups in total. The molecule has 0 radical (unpaired) electrons. The second-order valence-corrected chi connectivity index (χ2v) is 5.63. The minimum atomic E-state index is -0.212. The normalized spacial score (nSPS) is 21.4. The SMILES string of the molecule is COCO[C@H]1CC(=O)N(Cc2ccccc2)[C@H]1CCC(C)=O. The Morgan fingerprint density at radius 1 is 1.32 bits per heavy atom. The van der Waals surface area contributed by atoms with Crippen LogP contribution in [0.5, 0.6) is 0 Å². The van der Waals surface area contributed by atoms with Gasteiger partial charge in [-0.15, -0.1) is 0 Å². The predicted molar refractivity (Wildman–Crippen MR) is 82.1 cm³/mol. The van der Waals surface area contributed by atoms with Crippen molar-refractivity contribution >= 4 is 11.7 Å². The molecular weight excluding hydrogens is 282 g/mol. The van der Waals surface area contributed by atoms with Crippen LogP contribution in [0.4, 0.5) is 0 Å². The van der Waals surface area contributed by atoms with Crippen molar-refractivity contribution in [3.05, 3.63) is 35.9 Å². The number of hydrogen-bond acceptors (Lipinski definition) is 4. The van der Waals surface area contributed by atoms with Gasteiger partial charge in [0.25, 0.3) is 0 Å². The molecule has 5 nitrogen and oxygen atoms in total. The van der Waals surface area contributed by atoms with Crippen molar-refractivity contribution in [2.24, 2.45) is 0 Å². The number of nitrogens with zero attached hydrogens (tertiary/aromatic N) is 1. The Hall–Kier alpha value is -1.72. The zero-order valence-corrected chi connectivity index (χ0v) is 13.2. The van der Waals surface area contributed by atoms with Gasteiger partial charge in [-0.1, -0.05) is 30.3 Å². The van der Waals surface area contributed by atoms with E-state index in [4.69, 9.17) is 9.47 Å². The van der Waals surface area contributed by atoms with Gasteiger partial charge in [0.2, 0.25) is 5.91 Å². The molecule has 1 saturated heterocycles. The number of hydrogen-bond donors (Lipinski definition) is 0. The summed E-state index contributed by atoms with van der Waals surface area (Å²) in [5.74, 6) is 0.197. The fourth-order valence-electron chi connectivity index (χ4n) is 2.81. The number of methoxy groups -OCH3 is 1. The Kier molecular flexibility index (Phi) is 6.10. The smallest absolute Gasteiger partial charge is 0.225 e. The maximum absolute atomic E-state index is 12.3. The van der Waals surface area contributed by atoms with Gasteiger partial charge in [0, 0.05) is 20.1 Å². The first kappa shape index (κ1) is 16.6. The zero-order chi connectivity index (χ0) is 15.9. The number of carbonyl (C=O) groups is 2. The Morgan fingerprint density at radius 3 is 2.68 bits per heavy atom. The summed E-state index contributed by atoms with van der Waals surface area (Å²) in [5.41, 5.74) is 1.08. The molecule has 2 rings (SSSR count). The lowest BCUT2D eigenvalue weighted by molar-refractivity contribution is -0.130. The molecular formula is C17H23NO4. The quantitative estimate of drug-likeness (QED) is 0.691. The Labute approximate surface area is 131 Å². The molecule has 0 aromatic heterocycles. The number of rotatable bonds is 8. The van der Waals surface area contributed by atoms with Gasteiger partial charge in [-0.2, -0.15) is 0 Å². The summed E-state index contributed by atoms with van der Waals surface area (Å²) in [6.45, 7) is 2.28. The van der Waals surface area contributed by atoms with Crippen LogP contribution in [-0.4, -0.2) is 42.6 Å². The summed E-state index contributed by atoms with van der Waals surface area (Å²) in [4.78, 5) is 25.5. The molecule has 2 atom stereocenters. The van der Waals surface area contributed by atoms with Crippen LogP contribution in [-0.2, 0) is 25.6 Å². The van der Waals surface area contributed by atoms with Crippen LogP contribution in [0.1, 0.15) is 31.7 Å². The molecule has 1 heterocycles. The molecule has 0 spiro atoms. The van der Waals surface area contributed by atoms with Crippen LogP contribution in [0.3, 0.4) is 0 Å². The van der Waals surface area contributed by atoms with Crippen LogP contribution >= 0.6 is 0 Å². The lowest BCUT2D eigenvalue weighted by Crippen LogP contribution is -2.38. The Bertz CT molecular complexity index is 503. The topological polar surface area (TPSA) is 55.8 Å². The van der Waals surface area contributed by atoms with Gasteiger partial charge in [0.15, 0.2) is 0 Å². The summed E-state index contributed by atoms with van der Waals surface area (Å²) in [7, 11) is 1.56. The molecule has 1 aromatic carbocycles. The van der Waals surface area contributed by atoms with Gasteiger partial charge >= 0.3 is 0 Å². The van der Waals surface area contributed by atoms with E-state index in [1.807, 2.05) is 35.2 Å². The summed E-state index contributed by atoms with van der Waals surface area (Å²) in [5, 5.41) is 0. The van der Waals surface area contributed by atoms with Crippen molar-refractivity contribution < 1.29 is 19.1 Å². The van der Waals surface area contributed by atoms with E-state index in [1.54, 1.807) is 14.0 Å². The average molecular weight is 305 g/mol. The van der Waals surface area contributed by atoms with Crippen LogP contribution in [0.2, 0.25) is 0 Å². The molecule has 1 amide bonds. The number of ether oxygens (including phenoxy) is 2. The highest BCUT2D eigenvalue weighted by atomic mass is 16.7. The first-order valence-electron chi connectivity index (χ1n) is 7.55. The molecule has 0 saturated carbocycles. The third kappa shape index (κ3) is 4.39. The summed E-state index contributed by atoms with van der Waals surface area (Å²) < 4.78 is 10.6. The number of benzene rings is 1. The van der Waals surface area contributed by atoms with Gasteiger partial charge in [0.05, 0.1) is 18.6 Å². The zero-order valence-electron chi connectivity index (χ0n) is 13.2. The van der Waals surface area contributed by atoms with E-state index in [9.17, 15) is 9.59 Å². The third-order valence-corrected chi connectivity index (χ3v) is 3.91. The molecule has 1 aliphatic rings. The monoisotopic (exact) mass is 305 g/mol. The molecule has 1 fully saturated rings. The molecule has 1 aliphatic heterocycles. The maximum atomic E-state index is 12.3. The molecule has 0 unspecified atom stereocenters. The van der Waals surface area contributed by atoms with E-state index in [2.05, 4.69) is 0 Å². The molecule has 120 valence electrons. The number of amides is 1. The van der Waals surface area contributed by atoms with Gasteiger partial charge in [-0.05, 0) is 18.9 Å². The minimum Gasteiger partial charge on any atom is -0.359 e. The predicted octanol–water partition coefficient (Wildman–Crippen LogP) is 2.15. The van der Waals surface area contributed by atoms with Crippen LogP contribution < -0.4 is 0 Å². The lowest BCUT2D eigenvalue weighted by Gasteiger charge is -2.28. The van der Waals surface area contributed by atoms with E-state index in [0.29, 0.717) is 25.8 Å². The summed E-state index contributed by atoms with van der Waals surface area (Å²) >= 11 is 0. The van der Waals surface area contributed by atoms with E-state index in [0.717, 1.165) is 5.56 Å². The molecule has 0 bridgehead atoms. The van der Waals surface area contributed by atoms with E-state index >= 15 is 0 Å². The van der Waals surface area contributed by atoms with Crippen molar-refractivity contribution in [1.29, 1.82) is 0 Å². The standard InChI is InChI=1S/C17H23NO4/c1-13(19)8-9-15-16(22-12-21-2)10-17(20)18(15)11-14-6-4-3-5-7-14/h3-7,15-16H,8-12H2,1-2H3/t15-,16-/m0/s1. The molecule has 5 heteroatoms. The summed E-state index contributed by atoms with van der Waals surface area (Å²) in [6.07, 6.45) is 1.22. The van der Waals surface area contributed by atoms with E-state index in [1.165, 1.54) is 0 Å². The number of Topliss-reactive ketones (excluding diaryl/α,β-unsaturated/α-hetero) is 1. The molecule has 22 heavy (non-hydrogen) atoms. The highest BCUT2D eigenvalue weighted by Crippen LogP contribution is 2.27. The second kappa shape index (κ2) is 8.06. The van der Waals surface area contributed by atoms with Crippen LogP contribution in [0, 0.1) is 0 Å². The minimum absolute atomic E-state index is 0.0681. The number of carbonyl (C=O) groups excluding carboxylic acids is 2. The average Bonchev–Trinajstić information content (AvgIpc) is 2.80. The Balaban J connectivity index is 2.09. The fourth-order valence-corrected chi connectivity index (χ4v) is 2.81. The van der Waals surface area contributed by atoms with Crippen molar-refractivity contribution in [2.75, 3.05) is 13.9 Å². The third-order valence-electron chi connectivity index (χ3n) is 3.91. The van der Waals surface area contributed by atoms with Crippen molar-refractivity contribution in [2.45, 2.75) is 44.9 Å². The van der Waals surface area contributed by atoms with E-state index < -0.39 is 0 Å². The highest BCUT2D eigenvalue weighted by Gasteiger charge is 2.40. The lowest BCUT2D eigenvalue weighted by atomic mass is 10.0. The molecule has 1 aromatic rings. The molecule has 0 aliphatic carbocycles. The van der Waals surface area contributed by atoms with Crippen molar-refractivity contribution in [3.63, 3.8) is 0 Å². The first-order valence-corrected chi connectivity index (χ1v) is 7.55. The summed E-state index contributed by atoms with van der Waals surface area (Å²) in [6, 6.07) is 9.79. The van der Waals surface area contributed by atoms with Gasteiger partial charge < -0.3 is 19.2 Å². The maximum Gasteiger partial charge on any atom is 0.225 e. The van der Waals surface area contributed by atoms with Crippen LogP contribution in [0.15, 0.2) is 30.3 Å². The largest absolute Gasteiger partial charge is 0.359 e. The first-order chi connectivity index (χ1) is 10.6. The van der Waals surface area contributed by atoms with Crippen molar-refractivity contribution in [3.8, 4) is 0 Å². The van der Waals surface area contributed by atoms with Gasteiger partial charge in [-0.25, -0.2) is 0 Å². The Morgan fingerprint density at radius 2 is 2.05 bits per heavy atom. The second-order valence-electron chi connectivity index (χ2n) is 5.63. The number of likely N-dealkylation sites (tertiary alicyclic amines) is 1. The number of ketones is 1. The highest BCUT2D eigenvalue weighted by molar-refractivity contribution is 5.80. The van der Waals surface area contributed by atoms with Gasteiger partial charge in [0.1, 0.15) is 12.6 Å². The van der Waals surface area contributed by atoms with Crippen molar-refractivity contribution in [1.82, 2.24) is 4.90 Å².